The van der Waals surface area contributed by atoms with Crippen LogP contribution in [-0.2, 0) is 0 Å². The van der Waals surface area contributed by atoms with E-state index >= 15 is 0 Å². The van der Waals surface area contributed by atoms with E-state index in [-0.39, 0.29) is 5.92 Å². The summed E-state index contributed by atoms with van der Waals surface area (Å²) in [6.45, 7) is 3.89. The highest BCUT2D eigenvalue weighted by Gasteiger charge is 2.21. The molecule has 0 fully saturated rings. The fraction of sp³-hybridized carbons (Fsp3) is 0.188. The number of carboxylic acid groups (broad SMARTS) is 1. The van der Waals surface area contributed by atoms with E-state index in [1.807, 2.05) is 44.2 Å². The fourth-order valence-electron chi connectivity index (χ4n) is 2.27. The van der Waals surface area contributed by atoms with Crippen LogP contribution < -0.4 is 0 Å². The smallest absolute Gasteiger partial charge is 0.347 e. The third kappa shape index (κ3) is 2.40. The molecule has 0 bridgehead atoms. The second-order valence-electron chi connectivity index (χ2n) is 5.07. The van der Waals surface area contributed by atoms with Crippen molar-refractivity contribution in [3.05, 3.63) is 47.1 Å². The molecule has 0 saturated heterocycles. The van der Waals surface area contributed by atoms with Gasteiger partial charge in [0.1, 0.15) is 15.6 Å². The minimum absolute atomic E-state index is 0.0658. The van der Waals surface area contributed by atoms with Gasteiger partial charge in [-0.05, 0) is 17.4 Å². The van der Waals surface area contributed by atoms with Crippen molar-refractivity contribution >= 4 is 28.1 Å². The molecule has 4 nitrogen and oxygen atoms in total. The molecular formula is C16H14N2O2S. The lowest BCUT2D eigenvalue weighted by Gasteiger charge is -2.02. The molecule has 0 amide bonds. The zero-order chi connectivity index (χ0) is 15.0. The van der Waals surface area contributed by atoms with Crippen molar-refractivity contribution in [1.29, 1.82) is 0 Å². The second kappa shape index (κ2) is 5.26. The molecule has 5 heteroatoms. The summed E-state index contributed by atoms with van der Waals surface area (Å²) >= 11 is 1.19. The van der Waals surface area contributed by atoms with Crippen molar-refractivity contribution in [2.75, 3.05) is 0 Å². The van der Waals surface area contributed by atoms with Crippen LogP contribution in [0.15, 0.2) is 36.5 Å². The Bertz CT molecular complexity index is 819. The summed E-state index contributed by atoms with van der Waals surface area (Å²) in [4.78, 5) is 20.6. The van der Waals surface area contributed by atoms with Gasteiger partial charge in [-0.3, -0.25) is 4.98 Å². The number of aromatic nitrogens is 2. The van der Waals surface area contributed by atoms with Crippen molar-refractivity contribution < 1.29 is 9.90 Å². The average Bonchev–Trinajstić information content (AvgIpc) is 2.92. The minimum atomic E-state index is -0.928. The van der Waals surface area contributed by atoms with Crippen LogP contribution in [0, 0.1) is 0 Å². The van der Waals surface area contributed by atoms with Crippen LogP contribution in [0.5, 0.6) is 0 Å². The summed E-state index contributed by atoms with van der Waals surface area (Å²) in [5, 5.41) is 12.1. The number of nitrogens with zero attached hydrogens (tertiary/aromatic N) is 2. The van der Waals surface area contributed by atoms with Gasteiger partial charge in [-0.15, -0.1) is 11.3 Å². The van der Waals surface area contributed by atoms with Crippen LogP contribution in [0.1, 0.15) is 35.1 Å². The van der Waals surface area contributed by atoms with Crippen molar-refractivity contribution in [2.24, 2.45) is 0 Å². The number of rotatable bonds is 3. The van der Waals surface area contributed by atoms with Crippen molar-refractivity contribution in [3.8, 4) is 10.7 Å². The molecule has 0 spiro atoms. The van der Waals surface area contributed by atoms with Gasteiger partial charge < -0.3 is 5.11 Å². The van der Waals surface area contributed by atoms with Crippen LogP contribution in [0.2, 0.25) is 0 Å². The highest BCUT2D eigenvalue weighted by molar-refractivity contribution is 7.17. The van der Waals surface area contributed by atoms with Crippen LogP contribution in [0.25, 0.3) is 21.5 Å². The van der Waals surface area contributed by atoms with Gasteiger partial charge in [0.05, 0.1) is 5.69 Å². The van der Waals surface area contributed by atoms with Gasteiger partial charge in [0.15, 0.2) is 0 Å². The Morgan fingerprint density at radius 3 is 2.67 bits per heavy atom. The average molecular weight is 298 g/mol. The number of thiazole rings is 1. The molecule has 2 aromatic heterocycles. The van der Waals surface area contributed by atoms with Crippen molar-refractivity contribution in [2.45, 2.75) is 19.8 Å². The summed E-state index contributed by atoms with van der Waals surface area (Å²) < 4.78 is 0. The van der Waals surface area contributed by atoms with Crippen LogP contribution >= 0.6 is 11.3 Å². The van der Waals surface area contributed by atoms with Gasteiger partial charge in [-0.2, -0.15) is 0 Å². The number of carboxylic acids is 1. The maximum atomic E-state index is 11.4. The first-order chi connectivity index (χ1) is 10.1. The summed E-state index contributed by atoms with van der Waals surface area (Å²) in [6, 6.07) is 9.84. The fourth-order valence-corrected chi connectivity index (χ4v) is 3.34. The molecule has 0 unspecified atom stereocenters. The van der Waals surface area contributed by atoms with Crippen LogP contribution in [0.4, 0.5) is 0 Å². The molecule has 0 aliphatic heterocycles. The van der Waals surface area contributed by atoms with E-state index in [1.165, 1.54) is 11.3 Å². The van der Waals surface area contributed by atoms with Crippen LogP contribution in [0.3, 0.4) is 0 Å². The van der Waals surface area contributed by atoms with Gasteiger partial charge in [-0.1, -0.05) is 38.1 Å². The van der Waals surface area contributed by atoms with E-state index in [2.05, 4.69) is 9.97 Å². The van der Waals surface area contributed by atoms with E-state index in [9.17, 15) is 9.90 Å². The highest BCUT2D eigenvalue weighted by atomic mass is 32.1. The Hall–Kier alpha value is -2.27. The monoisotopic (exact) mass is 298 g/mol. The third-order valence-corrected chi connectivity index (χ3v) is 4.34. The molecule has 0 aliphatic carbocycles. The summed E-state index contributed by atoms with van der Waals surface area (Å²) in [5.41, 5.74) is 1.37. The summed E-state index contributed by atoms with van der Waals surface area (Å²) in [7, 11) is 0. The molecule has 0 saturated carbocycles. The molecule has 1 aromatic carbocycles. The number of carbonyl (C=O) groups is 1. The standard InChI is InChI=1S/C16H14N2O2S/c1-9(2)12-14(16(19)20)21-15(18-12)13-11-6-4-3-5-10(11)7-8-17-13/h3-9H,1-2H3,(H,19,20). The lowest BCUT2D eigenvalue weighted by molar-refractivity contribution is 0.0700. The first-order valence-electron chi connectivity index (χ1n) is 6.66. The maximum Gasteiger partial charge on any atom is 0.347 e. The largest absolute Gasteiger partial charge is 0.477 e. The Morgan fingerprint density at radius 2 is 2.00 bits per heavy atom. The molecule has 106 valence electrons. The SMILES string of the molecule is CC(C)c1nc(-c2nccc3ccccc23)sc1C(=O)O. The Balaban J connectivity index is 2.24. The van der Waals surface area contributed by atoms with Gasteiger partial charge in [0.2, 0.25) is 0 Å². The molecule has 3 aromatic rings. The number of hydrogen-bond donors (Lipinski definition) is 1. The Morgan fingerprint density at radius 1 is 1.24 bits per heavy atom. The molecule has 3 rings (SSSR count). The zero-order valence-electron chi connectivity index (χ0n) is 11.7. The lowest BCUT2D eigenvalue weighted by Crippen LogP contribution is -2.00. The molecule has 2 heterocycles. The number of benzene rings is 1. The Labute approximate surface area is 126 Å². The number of hydrogen-bond acceptors (Lipinski definition) is 4. The summed E-state index contributed by atoms with van der Waals surface area (Å²) in [6.07, 6.45) is 1.73. The van der Waals surface area contributed by atoms with Gasteiger partial charge >= 0.3 is 5.97 Å². The number of fused-ring (bicyclic) bond motifs is 1. The Kier molecular flexibility index (Phi) is 3.43. The van der Waals surface area contributed by atoms with Gasteiger partial charge in [0, 0.05) is 11.6 Å². The maximum absolute atomic E-state index is 11.4. The first kappa shape index (κ1) is 13.7. The molecule has 0 aliphatic rings. The molecule has 0 radical (unpaired) electrons. The highest BCUT2D eigenvalue weighted by Crippen LogP contribution is 2.34. The minimum Gasteiger partial charge on any atom is -0.477 e. The van der Waals surface area contributed by atoms with E-state index < -0.39 is 5.97 Å². The first-order valence-corrected chi connectivity index (χ1v) is 7.47. The zero-order valence-corrected chi connectivity index (χ0v) is 12.5. The predicted molar refractivity (Wildman–Crippen MR) is 83.9 cm³/mol. The number of aromatic carboxylic acids is 1. The number of pyridine rings is 1. The normalized spacial score (nSPS) is 11.2. The predicted octanol–water partition coefficient (Wildman–Crippen LogP) is 4.18. The molecule has 0 atom stereocenters. The topological polar surface area (TPSA) is 63.1 Å². The van der Waals surface area contributed by atoms with Gasteiger partial charge in [-0.25, -0.2) is 9.78 Å². The molecule has 1 N–H and O–H groups in total. The van der Waals surface area contributed by atoms with E-state index in [4.69, 9.17) is 0 Å². The molecule has 21 heavy (non-hydrogen) atoms. The van der Waals surface area contributed by atoms with Crippen molar-refractivity contribution in [1.82, 2.24) is 9.97 Å². The van der Waals surface area contributed by atoms with E-state index in [0.717, 1.165) is 16.5 Å². The van der Waals surface area contributed by atoms with E-state index in [0.29, 0.717) is 15.6 Å². The third-order valence-electron chi connectivity index (χ3n) is 3.27. The summed E-state index contributed by atoms with van der Waals surface area (Å²) in [5.74, 6) is -0.862. The van der Waals surface area contributed by atoms with Crippen molar-refractivity contribution in [3.63, 3.8) is 0 Å². The van der Waals surface area contributed by atoms with Gasteiger partial charge in [0.25, 0.3) is 0 Å². The van der Waals surface area contributed by atoms with Crippen LogP contribution in [-0.4, -0.2) is 21.0 Å². The van der Waals surface area contributed by atoms with E-state index in [1.54, 1.807) is 6.20 Å². The quantitative estimate of drug-likeness (QED) is 0.788. The lowest BCUT2D eigenvalue weighted by atomic mass is 10.1. The second-order valence-corrected chi connectivity index (χ2v) is 6.07. The molecular weight excluding hydrogens is 284 g/mol.